The Morgan fingerprint density at radius 3 is 2.67 bits per heavy atom. The van der Waals surface area contributed by atoms with Gasteiger partial charge >= 0.3 is 0 Å². The third kappa shape index (κ3) is 3.81. The minimum absolute atomic E-state index is 0.175. The van der Waals surface area contributed by atoms with Gasteiger partial charge in [0.2, 0.25) is 5.91 Å². The van der Waals surface area contributed by atoms with Gasteiger partial charge in [-0.3, -0.25) is 4.79 Å². The summed E-state index contributed by atoms with van der Waals surface area (Å²) in [6.07, 6.45) is 4.79. The van der Waals surface area contributed by atoms with Crippen LogP contribution in [0.3, 0.4) is 0 Å². The Labute approximate surface area is 161 Å². The van der Waals surface area contributed by atoms with Crippen molar-refractivity contribution in [3.63, 3.8) is 0 Å². The van der Waals surface area contributed by atoms with Crippen LogP contribution in [0.5, 0.6) is 0 Å². The summed E-state index contributed by atoms with van der Waals surface area (Å²) in [7, 11) is 0. The lowest BCUT2D eigenvalue weighted by atomic mass is 10.2. The zero-order chi connectivity index (χ0) is 18.6. The van der Waals surface area contributed by atoms with Crippen molar-refractivity contribution in [2.75, 3.05) is 10.2 Å². The number of carbonyl (C=O) groups is 1. The predicted octanol–water partition coefficient (Wildman–Crippen LogP) is 4.54. The van der Waals surface area contributed by atoms with Gasteiger partial charge in [-0.2, -0.15) is 0 Å². The number of nitrogens with zero attached hydrogens (tertiary/aromatic N) is 2. The molecule has 1 atom stereocenters. The van der Waals surface area contributed by atoms with Gasteiger partial charge in [-0.15, -0.1) is 11.3 Å². The number of anilines is 2. The molecule has 1 aliphatic rings. The maximum Gasteiger partial charge on any atom is 0.248 e. The van der Waals surface area contributed by atoms with Crippen molar-refractivity contribution in [3.8, 4) is 0 Å². The fourth-order valence-corrected chi connectivity index (χ4v) is 3.62. The molecule has 1 unspecified atom stereocenters. The summed E-state index contributed by atoms with van der Waals surface area (Å²) in [6.45, 7) is 0. The lowest BCUT2D eigenvalue weighted by molar-refractivity contribution is -0.111. The van der Waals surface area contributed by atoms with Crippen LogP contribution in [-0.2, 0) is 4.79 Å². The highest BCUT2D eigenvalue weighted by atomic mass is 32.1. The molecular weight excluding hydrogens is 356 g/mol. The third-order valence-electron chi connectivity index (χ3n) is 4.25. The Morgan fingerprint density at radius 1 is 1.11 bits per heavy atom. The summed E-state index contributed by atoms with van der Waals surface area (Å²) in [5.74, 6) is -0.175. The van der Waals surface area contributed by atoms with Gasteiger partial charge in [-0.25, -0.2) is 4.99 Å². The molecule has 1 aliphatic heterocycles. The van der Waals surface area contributed by atoms with Crippen LogP contribution in [0.15, 0.2) is 77.1 Å². The van der Waals surface area contributed by atoms with E-state index in [2.05, 4.69) is 10.3 Å². The van der Waals surface area contributed by atoms with Crippen LogP contribution in [0.1, 0.15) is 17.3 Å². The molecule has 0 spiro atoms. The number of amides is 1. The number of hydrogen-bond acceptors (Lipinski definition) is 5. The van der Waals surface area contributed by atoms with Gasteiger partial charge in [0.25, 0.3) is 0 Å². The SMILES string of the molecule is NC1c2ccsc2N=CN1c1ccc(NC(=O)C=Cc2ccccc2)cc1. The molecule has 0 fully saturated rings. The Morgan fingerprint density at radius 2 is 1.89 bits per heavy atom. The zero-order valence-electron chi connectivity index (χ0n) is 14.4. The fraction of sp³-hybridized carbons (Fsp3) is 0.0476. The maximum absolute atomic E-state index is 12.1. The van der Waals surface area contributed by atoms with Crippen LogP contribution >= 0.6 is 11.3 Å². The highest BCUT2D eigenvalue weighted by Gasteiger charge is 2.22. The smallest absolute Gasteiger partial charge is 0.248 e. The van der Waals surface area contributed by atoms with E-state index in [1.54, 1.807) is 23.8 Å². The van der Waals surface area contributed by atoms with E-state index in [0.717, 1.165) is 27.5 Å². The molecule has 6 heteroatoms. The first-order valence-electron chi connectivity index (χ1n) is 8.50. The summed E-state index contributed by atoms with van der Waals surface area (Å²) in [6, 6.07) is 19.2. The molecule has 0 saturated heterocycles. The molecule has 0 saturated carbocycles. The van der Waals surface area contributed by atoms with Crippen molar-refractivity contribution < 1.29 is 4.79 Å². The third-order valence-corrected chi connectivity index (χ3v) is 5.09. The van der Waals surface area contributed by atoms with Crippen LogP contribution in [-0.4, -0.2) is 12.2 Å². The molecule has 2 heterocycles. The Bertz CT molecular complexity index is 993. The van der Waals surface area contributed by atoms with E-state index >= 15 is 0 Å². The van der Waals surface area contributed by atoms with Crippen molar-refractivity contribution in [1.82, 2.24) is 0 Å². The van der Waals surface area contributed by atoms with Crippen LogP contribution in [0, 0.1) is 0 Å². The molecular formula is C21H18N4OS. The minimum Gasteiger partial charge on any atom is -0.323 e. The fourth-order valence-electron chi connectivity index (χ4n) is 2.84. The number of rotatable bonds is 4. The van der Waals surface area contributed by atoms with E-state index in [1.165, 1.54) is 6.08 Å². The quantitative estimate of drug-likeness (QED) is 0.659. The monoisotopic (exact) mass is 374 g/mol. The van der Waals surface area contributed by atoms with Gasteiger partial charge < -0.3 is 16.0 Å². The van der Waals surface area contributed by atoms with E-state index in [1.807, 2.05) is 70.9 Å². The number of hydrogen-bond donors (Lipinski definition) is 2. The number of benzene rings is 2. The lowest BCUT2D eigenvalue weighted by Gasteiger charge is -2.29. The first-order valence-corrected chi connectivity index (χ1v) is 9.38. The molecule has 2 aromatic carbocycles. The Kier molecular flexibility index (Phi) is 4.82. The number of aliphatic imine (C=N–C) groups is 1. The molecule has 0 bridgehead atoms. The van der Waals surface area contributed by atoms with Crippen LogP contribution in [0.4, 0.5) is 16.4 Å². The summed E-state index contributed by atoms with van der Waals surface area (Å²) in [5.41, 5.74) is 9.98. The van der Waals surface area contributed by atoms with E-state index in [-0.39, 0.29) is 12.1 Å². The largest absolute Gasteiger partial charge is 0.323 e. The van der Waals surface area contributed by atoms with Crippen molar-refractivity contribution >= 4 is 46.0 Å². The van der Waals surface area contributed by atoms with Crippen molar-refractivity contribution in [1.29, 1.82) is 0 Å². The van der Waals surface area contributed by atoms with Gasteiger partial charge in [0.1, 0.15) is 11.2 Å². The second-order valence-electron chi connectivity index (χ2n) is 6.06. The molecule has 5 nitrogen and oxygen atoms in total. The van der Waals surface area contributed by atoms with Gasteiger partial charge in [-0.1, -0.05) is 30.3 Å². The van der Waals surface area contributed by atoms with E-state index in [9.17, 15) is 4.79 Å². The lowest BCUT2D eigenvalue weighted by Crippen LogP contribution is -2.35. The van der Waals surface area contributed by atoms with Gasteiger partial charge in [0, 0.05) is 23.0 Å². The topological polar surface area (TPSA) is 70.7 Å². The zero-order valence-corrected chi connectivity index (χ0v) is 15.3. The number of thiophene rings is 1. The normalized spacial score (nSPS) is 15.7. The van der Waals surface area contributed by atoms with Crippen molar-refractivity contribution in [2.24, 2.45) is 10.7 Å². The second kappa shape index (κ2) is 7.57. The summed E-state index contributed by atoms with van der Waals surface area (Å²) in [4.78, 5) is 18.4. The maximum atomic E-state index is 12.1. The van der Waals surface area contributed by atoms with Crippen molar-refractivity contribution in [3.05, 3.63) is 83.2 Å². The molecule has 4 rings (SSSR count). The van der Waals surface area contributed by atoms with E-state index in [4.69, 9.17) is 5.73 Å². The first-order chi connectivity index (χ1) is 13.2. The number of nitrogens with one attached hydrogen (secondary N) is 1. The molecule has 134 valence electrons. The average Bonchev–Trinajstić information content (AvgIpc) is 3.18. The molecule has 0 radical (unpaired) electrons. The second-order valence-corrected chi connectivity index (χ2v) is 6.95. The van der Waals surface area contributed by atoms with Gasteiger partial charge in [0.15, 0.2) is 0 Å². The summed E-state index contributed by atoms with van der Waals surface area (Å²) < 4.78 is 0. The van der Waals surface area contributed by atoms with Gasteiger partial charge in [-0.05, 0) is 47.4 Å². The molecule has 3 N–H and O–H groups in total. The summed E-state index contributed by atoms with van der Waals surface area (Å²) >= 11 is 1.58. The molecule has 1 amide bonds. The first kappa shape index (κ1) is 17.2. The standard InChI is InChI=1S/C21H18N4OS/c22-20-18-12-13-27-21(18)23-14-25(20)17-9-7-16(8-10-17)24-19(26)11-6-15-4-2-1-3-5-15/h1-14,20H,22H2,(H,24,26). The van der Waals surface area contributed by atoms with Crippen molar-refractivity contribution in [2.45, 2.75) is 6.17 Å². The minimum atomic E-state index is -0.266. The summed E-state index contributed by atoms with van der Waals surface area (Å²) in [5, 5.41) is 5.80. The van der Waals surface area contributed by atoms with Crippen LogP contribution in [0.25, 0.3) is 6.08 Å². The molecule has 1 aromatic heterocycles. The Balaban J connectivity index is 1.42. The van der Waals surface area contributed by atoms with Crippen LogP contribution < -0.4 is 16.0 Å². The van der Waals surface area contributed by atoms with E-state index < -0.39 is 0 Å². The average molecular weight is 374 g/mol. The van der Waals surface area contributed by atoms with Crippen LogP contribution in [0.2, 0.25) is 0 Å². The van der Waals surface area contributed by atoms with E-state index in [0.29, 0.717) is 0 Å². The van der Waals surface area contributed by atoms with Gasteiger partial charge in [0.05, 0.1) is 6.34 Å². The Hall–Kier alpha value is -3.22. The number of fused-ring (bicyclic) bond motifs is 1. The highest BCUT2D eigenvalue weighted by Crippen LogP contribution is 2.36. The predicted molar refractivity (Wildman–Crippen MR) is 112 cm³/mol. The molecule has 3 aromatic rings. The number of nitrogens with two attached hydrogens (primary N) is 1. The molecule has 27 heavy (non-hydrogen) atoms. The highest BCUT2D eigenvalue weighted by molar-refractivity contribution is 7.14. The molecule has 0 aliphatic carbocycles. The number of carbonyl (C=O) groups excluding carboxylic acids is 1.